The molecule has 3 rings (SSSR count). The Labute approximate surface area is 228 Å². The van der Waals surface area contributed by atoms with Crippen LogP contribution in [-0.4, -0.2) is 75.9 Å². The Kier molecular flexibility index (Phi) is 9.48. The van der Waals surface area contributed by atoms with Crippen molar-refractivity contribution in [3.8, 4) is 22.9 Å². The fourth-order valence-corrected chi connectivity index (χ4v) is 4.10. The van der Waals surface area contributed by atoms with Crippen molar-refractivity contribution in [1.82, 2.24) is 29.6 Å². The maximum Gasteiger partial charge on any atom is 0.414 e. The molecule has 0 fully saturated rings. The van der Waals surface area contributed by atoms with E-state index in [1.54, 1.807) is 18.4 Å². The summed E-state index contributed by atoms with van der Waals surface area (Å²) >= 11 is 0. The number of nitrogens with zero attached hydrogens (tertiary/aromatic N) is 5. The van der Waals surface area contributed by atoms with Gasteiger partial charge in [-0.25, -0.2) is 23.5 Å². The number of rotatable bonds is 10. The highest BCUT2D eigenvalue weighted by Gasteiger charge is 2.48. The monoisotopic (exact) mass is 598 g/mol. The number of alkyl halides is 8. The van der Waals surface area contributed by atoms with Gasteiger partial charge in [0, 0.05) is 30.9 Å². The van der Waals surface area contributed by atoms with Crippen LogP contribution in [0.15, 0.2) is 24.7 Å². The van der Waals surface area contributed by atoms with Gasteiger partial charge >= 0.3 is 18.4 Å². The Bertz CT molecular complexity index is 1360. The highest BCUT2D eigenvalue weighted by Crippen LogP contribution is 2.40. The predicted octanol–water partition coefficient (Wildman–Crippen LogP) is 5.73. The van der Waals surface area contributed by atoms with Crippen molar-refractivity contribution in [3.05, 3.63) is 36.0 Å². The van der Waals surface area contributed by atoms with Gasteiger partial charge in [-0.15, -0.1) is 0 Å². The number of carbonyl (C=O) groups excluding carboxylic acids is 1. The molecule has 0 saturated carbocycles. The molecule has 0 aliphatic heterocycles. The van der Waals surface area contributed by atoms with Crippen LogP contribution in [0.5, 0.6) is 11.6 Å². The topological polar surface area (TPSA) is 93.9 Å². The van der Waals surface area contributed by atoms with Gasteiger partial charge in [0.2, 0.25) is 5.65 Å². The lowest BCUT2D eigenvalue weighted by Gasteiger charge is -2.33. The molecule has 41 heavy (non-hydrogen) atoms. The van der Waals surface area contributed by atoms with E-state index >= 15 is 0 Å². The molecule has 9 nitrogen and oxygen atoms in total. The summed E-state index contributed by atoms with van der Waals surface area (Å²) in [5.41, 5.74) is 0.319. The van der Waals surface area contributed by atoms with Crippen LogP contribution in [0, 0.1) is 6.92 Å². The number of hydrogen-bond donors (Lipinski definition) is 1. The highest BCUT2D eigenvalue weighted by molar-refractivity contribution is 5.75. The van der Waals surface area contributed by atoms with Crippen molar-refractivity contribution in [2.75, 3.05) is 20.8 Å². The number of amides is 2. The van der Waals surface area contributed by atoms with Crippen LogP contribution < -0.4 is 14.8 Å². The van der Waals surface area contributed by atoms with E-state index in [4.69, 9.17) is 9.47 Å². The summed E-state index contributed by atoms with van der Waals surface area (Å²) in [5, 5.41) is 1.61. The van der Waals surface area contributed by atoms with Gasteiger partial charge in [-0.2, -0.15) is 26.3 Å². The number of nitrogens with one attached hydrogen (secondary N) is 1. The molecule has 0 bridgehead atoms. The Balaban J connectivity index is 2.06. The number of carbonyl (C=O) groups is 1. The number of aryl methyl sites for hydroxylation is 1. The zero-order valence-electron chi connectivity index (χ0n) is 22.1. The van der Waals surface area contributed by atoms with Gasteiger partial charge in [0.15, 0.2) is 6.04 Å². The van der Waals surface area contributed by atoms with E-state index in [1.165, 1.54) is 24.8 Å². The zero-order chi connectivity index (χ0) is 30.7. The number of halogens is 8. The average Bonchev–Trinajstić information content (AvgIpc) is 3.27. The van der Waals surface area contributed by atoms with E-state index in [1.807, 2.05) is 0 Å². The summed E-state index contributed by atoms with van der Waals surface area (Å²) < 4.78 is 120. The summed E-state index contributed by atoms with van der Waals surface area (Å²) in [6.07, 6.45) is -12.3. The van der Waals surface area contributed by atoms with Crippen LogP contribution in [0.1, 0.15) is 37.2 Å². The molecule has 2 atom stereocenters. The Morgan fingerprint density at radius 1 is 1.10 bits per heavy atom. The Hall–Kier alpha value is -3.92. The molecule has 0 saturated heterocycles. The third-order valence-corrected chi connectivity index (χ3v) is 5.96. The molecule has 17 heteroatoms. The normalized spacial score (nSPS) is 13.8. The molecule has 0 aromatic carbocycles. The highest BCUT2D eigenvalue weighted by atomic mass is 19.4. The van der Waals surface area contributed by atoms with Crippen LogP contribution in [0.4, 0.5) is 39.9 Å². The van der Waals surface area contributed by atoms with Crippen LogP contribution in [0.2, 0.25) is 0 Å². The van der Waals surface area contributed by atoms with E-state index < -0.39 is 62.0 Å². The lowest BCUT2D eigenvalue weighted by atomic mass is 10.1. The van der Waals surface area contributed by atoms with Crippen molar-refractivity contribution in [2.24, 2.45) is 0 Å². The summed E-state index contributed by atoms with van der Waals surface area (Å²) in [5.74, 6) is 0.0627. The lowest BCUT2D eigenvalue weighted by molar-refractivity contribution is -0.179. The second-order valence-electron chi connectivity index (χ2n) is 8.83. The molecule has 0 spiro atoms. The SMILES string of the molecule is CCN(C(=O)NC(CCC(F)(F)F)C(F)F)[C@@H](c1cc(-c2cn3cc(C)nc3c(OC)n2)c(OC)cn1)C(F)(F)F. The minimum atomic E-state index is -5.17. The molecular formula is C24H26F8N6O3. The molecule has 3 aromatic rings. The van der Waals surface area contributed by atoms with E-state index in [-0.39, 0.29) is 27.8 Å². The summed E-state index contributed by atoms with van der Waals surface area (Å²) in [4.78, 5) is 25.3. The van der Waals surface area contributed by atoms with Gasteiger partial charge in [-0.3, -0.25) is 4.98 Å². The number of pyridine rings is 1. The standard InChI is InChI=1S/C24H26F8N6O3/c1-5-38(22(39)36-14(19(25)26)6-7-23(27,28)29)18(24(30,31)32)15-8-13(17(40-3)9-33-15)16-11-37-10-12(2)34-20(37)21(35-16)41-4/h8-11,14,18-19H,5-7H2,1-4H3,(H,36,39)/t14?,18-/m0/s1. The fourth-order valence-electron chi connectivity index (χ4n) is 4.10. The number of imidazole rings is 1. The minimum absolute atomic E-state index is 0.0119. The van der Waals surface area contributed by atoms with Crippen molar-refractivity contribution >= 4 is 11.7 Å². The molecule has 226 valence electrons. The second kappa shape index (κ2) is 12.3. The molecule has 1 unspecified atom stereocenters. The van der Waals surface area contributed by atoms with Gasteiger partial charge in [0.25, 0.3) is 12.3 Å². The van der Waals surface area contributed by atoms with Crippen LogP contribution >= 0.6 is 0 Å². The molecule has 1 N–H and O–H groups in total. The Morgan fingerprint density at radius 2 is 1.78 bits per heavy atom. The third-order valence-electron chi connectivity index (χ3n) is 5.96. The average molecular weight is 598 g/mol. The first-order valence-electron chi connectivity index (χ1n) is 12.0. The van der Waals surface area contributed by atoms with E-state index in [9.17, 15) is 39.9 Å². The van der Waals surface area contributed by atoms with Gasteiger partial charge in [0.05, 0.1) is 43.5 Å². The molecule has 3 heterocycles. The van der Waals surface area contributed by atoms with Gasteiger partial charge in [-0.05, 0) is 26.3 Å². The predicted molar refractivity (Wildman–Crippen MR) is 129 cm³/mol. The summed E-state index contributed by atoms with van der Waals surface area (Å²) in [6, 6.07) is -5.78. The molecule has 2 amide bonds. The summed E-state index contributed by atoms with van der Waals surface area (Å²) in [7, 11) is 2.57. The van der Waals surface area contributed by atoms with E-state index in [2.05, 4.69) is 15.0 Å². The van der Waals surface area contributed by atoms with Crippen molar-refractivity contribution in [1.29, 1.82) is 0 Å². The van der Waals surface area contributed by atoms with Crippen molar-refractivity contribution in [3.63, 3.8) is 0 Å². The molecule has 0 aliphatic rings. The van der Waals surface area contributed by atoms with Crippen LogP contribution in [0.25, 0.3) is 16.9 Å². The number of ether oxygens (including phenoxy) is 2. The number of methoxy groups -OCH3 is 2. The molecular weight excluding hydrogens is 572 g/mol. The summed E-state index contributed by atoms with van der Waals surface area (Å²) in [6.45, 7) is 2.20. The molecule has 3 aromatic heterocycles. The largest absolute Gasteiger partial charge is 0.494 e. The lowest BCUT2D eigenvalue weighted by Crippen LogP contribution is -2.51. The first-order chi connectivity index (χ1) is 19.1. The number of fused-ring (bicyclic) bond motifs is 1. The first-order valence-corrected chi connectivity index (χ1v) is 12.0. The van der Waals surface area contributed by atoms with Crippen LogP contribution in [-0.2, 0) is 0 Å². The maximum absolute atomic E-state index is 14.4. The quantitative estimate of drug-likeness (QED) is 0.300. The smallest absolute Gasteiger partial charge is 0.414 e. The number of hydrogen-bond acceptors (Lipinski definition) is 6. The van der Waals surface area contributed by atoms with Crippen molar-refractivity contribution in [2.45, 2.75) is 57.6 Å². The number of aromatic nitrogens is 4. The van der Waals surface area contributed by atoms with Crippen molar-refractivity contribution < 1.29 is 49.4 Å². The van der Waals surface area contributed by atoms with E-state index in [0.29, 0.717) is 11.3 Å². The van der Waals surface area contributed by atoms with E-state index in [0.717, 1.165) is 19.2 Å². The molecule has 0 aliphatic carbocycles. The molecule has 0 radical (unpaired) electrons. The first kappa shape index (κ1) is 31.6. The Morgan fingerprint density at radius 3 is 2.32 bits per heavy atom. The second-order valence-corrected chi connectivity index (χ2v) is 8.83. The fraction of sp³-hybridized carbons (Fsp3) is 0.500. The number of urea groups is 1. The maximum atomic E-state index is 14.4. The minimum Gasteiger partial charge on any atom is -0.494 e. The zero-order valence-corrected chi connectivity index (χ0v) is 22.1. The van der Waals surface area contributed by atoms with Crippen LogP contribution in [0.3, 0.4) is 0 Å². The van der Waals surface area contributed by atoms with Gasteiger partial charge in [0.1, 0.15) is 5.75 Å². The van der Waals surface area contributed by atoms with Gasteiger partial charge < -0.3 is 24.1 Å². The van der Waals surface area contributed by atoms with Gasteiger partial charge in [-0.1, -0.05) is 0 Å². The third kappa shape index (κ3) is 7.43.